The first-order valence-electron chi connectivity index (χ1n) is 6.34. The highest BCUT2D eigenvalue weighted by Crippen LogP contribution is 2.28. The van der Waals surface area contributed by atoms with Gasteiger partial charge in [0.25, 0.3) is 0 Å². The molecule has 5 heteroatoms. The lowest BCUT2D eigenvalue weighted by atomic mass is 9.97. The number of halogens is 2. The van der Waals surface area contributed by atoms with Gasteiger partial charge < -0.3 is 10.0 Å². The predicted molar refractivity (Wildman–Crippen MR) is 68.9 cm³/mol. The van der Waals surface area contributed by atoms with Crippen molar-refractivity contribution in [2.24, 2.45) is 0 Å². The Morgan fingerprint density at radius 1 is 1.47 bits per heavy atom. The van der Waals surface area contributed by atoms with Crippen LogP contribution in [-0.4, -0.2) is 30.6 Å². The molecule has 1 aliphatic heterocycles. The molecule has 19 heavy (non-hydrogen) atoms. The van der Waals surface area contributed by atoms with E-state index in [2.05, 4.69) is 4.90 Å². The Morgan fingerprint density at radius 2 is 2.21 bits per heavy atom. The number of nitrogens with zero attached hydrogens (tertiary/aromatic N) is 1. The number of carbonyl (C=O) groups is 1. The second kappa shape index (κ2) is 5.15. The van der Waals surface area contributed by atoms with Crippen molar-refractivity contribution in [1.29, 1.82) is 0 Å². The topological polar surface area (TPSA) is 40.5 Å². The van der Waals surface area contributed by atoms with Crippen LogP contribution in [0, 0.1) is 0 Å². The van der Waals surface area contributed by atoms with Crippen molar-refractivity contribution in [2.45, 2.75) is 31.6 Å². The Hall–Kier alpha value is -1.65. The number of aryl methyl sites for hydroxylation is 2. The Morgan fingerprint density at radius 3 is 2.89 bits per heavy atom. The monoisotopic (exact) mass is 269 g/mol. The summed E-state index contributed by atoms with van der Waals surface area (Å²) in [4.78, 5) is 12.5. The third-order valence-electron chi connectivity index (χ3n) is 3.54. The number of aliphatic carboxylic acids is 1. The summed E-state index contributed by atoms with van der Waals surface area (Å²) >= 11 is 0. The fourth-order valence-electron chi connectivity index (χ4n) is 2.40. The van der Waals surface area contributed by atoms with Crippen LogP contribution in [0.3, 0.4) is 0 Å². The minimum Gasteiger partial charge on any atom is -0.477 e. The number of rotatable bonds is 4. The normalized spacial score (nSPS) is 15.2. The van der Waals surface area contributed by atoms with Crippen LogP contribution in [0.4, 0.5) is 14.5 Å². The number of hydrogen-bond acceptors (Lipinski definition) is 2. The number of carboxylic acid groups (broad SMARTS) is 1. The van der Waals surface area contributed by atoms with Crippen molar-refractivity contribution < 1.29 is 18.7 Å². The molecule has 0 bridgehead atoms. The first kappa shape index (κ1) is 13.8. The van der Waals surface area contributed by atoms with E-state index in [1.807, 2.05) is 19.2 Å². The average Bonchev–Trinajstić information content (AvgIpc) is 2.36. The molecule has 0 aromatic heterocycles. The van der Waals surface area contributed by atoms with E-state index in [0.717, 1.165) is 36.2 Å². The molecule has 2 rings (SSSR count). The molecule has 1 heterocycles. The van der Waals surface area contributed by atoms with Crippen LogP contribution >= 0.6 is 0 Å². The lowest BCUT2D eigenvalue weighted by Crippen LogP contribution is -2.28. The van der Waals surface area contributed by atoms with E-state index in [4.69, 9.17) is 5.11 Å². The highest BCUT2D eigenvalue weighted by Gasteiger charge is 2.37. The fraction of sp³-hybridized carbons (Fsp3) is 0.500. The summed E-state index contributed by atoms with van der Waals surface area (Å²) < 4.78 is 26.1. The van der Waals surface area contributed by atoms with Gasteiger partial charge in [-0.25, -0.2) is 4.79 Å². The van der Waals surface area contributed by atoms with E-state index in [1.165, 1.54) is 0 Å². The Bertz CT molecular complexity index is 488. The standard InChI is InChI=1S/C14H17F2NO2/c1-17-8-2-3-11-9-10(4-5-12(11)17)6-7-14(15,16)13(18)19/h4-5,9H,2-3,6-8H2,1H3,(H,18,19). The van der Waals surface area contributed by atoms with Gasteiger partial charge in [0, 0.05) is 25.7 Å². The van der Waals surface area contributed by atoms with Crippen LogP contribution < -0.4 is 4.90 Å². The summed E-state index contributed by atoms with van der Waals surface area (Å²) in [7, 11) is 2.01. The molecule has 0 fully saturated rings. The third kappa shape index (κ3) is 3.03. The molecule has 0 saturated heterocycles. The molecule has 1 aromatic rings. The van der Waals surface area contributed by atoms with Crippen LogP contribution in [0.25, 0.3) is 0 Å². The van der Waals surface area contributed by atoms with Crippen molar-refractivity contribution in [3.05, 3.63) is 29.3 Å². The van der Waals surface area contributed by atoms with Gasteiger partial charge in [0.05, 0.1) is 0 Å². The van der Waals surface area contributed by atoms with Crippen LogP contribution in [-0.2, 0) is 17.6 Å². The van der Waals surface area contributed by atoms with Crippen LogP contribution in [0.2, 0.25) is 0 Å². The lowest BCUT2D eigenvalue weighted by molar-refractivity contribution is -0.165. The molecule has 1 aliphatic rings. The van der Waals surface area contributed by atoms with Crippen LogP contribution in [0.5, 0.6) is 0 Å². The van der Waals surface area contributed by atoms with E-state index >= 15 is 0 Å². The predicted octanol–water partition coefficient (Wildman–Crippen LogP) is 2.72. The summed E-state index contributed by atoms with van der Waals surface area (Å²) in [6.07, 6.45) is 1.42. The van der Waals surface area contributed by atoms with E-state index < -0.39 is 18.3 Å². The minimum absolute atomic E-state index is 0.0797. The number of fused-ring (bicyclic) bond motifs is 1. The maximum atomic E-state index is 13.0. The molecule has 1 aromatic carbocycles. The third-order valence-corrected chi connectivity index (χ3v) is 3.54. The smallest absolute Gasteiger partial charge is 0.374 e. The molecular weight excluding hydrogens is 252 g/mol. The van der Waals surface area contributed by atoms with Crippen molar-refractivity contribution in [2.75, 3.05) is 18.5 Å². The highest BCUT2D eigenvalue weighted by molar-refractivity contribution is 5.75. The van der Waals surface area contributed by atoms with E-state index in [0.29, 0.717) is 0 Å². The zero-order valence-corrected chi connectivity index (χ0v) is 10.8. The van der Waals surface area contributed by atoms with Gasteiger partial charge in [0.15, 0.2) is 0 Å². The Labute approximate surface area is 110 Å². The summed E-state index contributed by atoms with van der Waals surface area (Å²) in [6, 6.07) is 5.66. The maximum Gasteiger partial charge on any atom is 0.374 e. The van der Waals surface area contributed by atoms with Gasteiger partial charge in [-0.2, -0.15) is 8.78 Å². The van der Waals surface area contributed by atoms with E-state index in [-0.39, 0.29) is 6.42 Å². The van der Waals surface area contributed by atoms with Gasteiger partial charge in [0.2, 0.25) is 0 Å². The maximum absolute atomic E-state index is 13.0. The summed E-state index contributed by atoms with van der Waals surface area (Å²) in [6.45, 7) is 1.00. The molecule has 104 valence electrons. The largest absolute Gasteiger partial charge is 0.477 e. The molecule has 3 nitrogen and oxygen atoms in total. The van der Waals surface area contributed by atoms with Gasteiger partial charge in [0.1, 0.15) is 0 Å². The van der Waals surface area contributed by atoms with Crippen LogP contribution in [0.1, 0.15) is 24.0 Å². The molecule has 1 N–H and O–H groups in total. The second-order valence-corrected chi connectivity index (χ2v) is 5.00. The van der Waals surface area contributed by atoms with Crippen molar-refractivity contribution in [3.63, 3.8) is 0 Å². The van der Waals surface area contributed by atoms with Gasteiger partial charge >= 0.3 is 11.9 Å². The number of benzene rings is 1. The first-order chi connectivity index (χ1) is 8.90. The Balaban J connectivity index is 2.09. The van der Waals surface area contributed by atoms with E-state index in [1.54, 1.807) is 6.07 Å². The summed E-state index contributed by atoms with van der Waals surface area (Å²) in [5.74, 6) is -5.70. The fourth-order valence-corrected chi connectivity index (χ4v) is 2.40. The highest BCUT2D eigenvalue weighted by atomic mass is 19.3. The zero-order valence-electron chi connectivity index (χ0n) is 10.8. The van der Waals surface area contributed by atoms with Gasteiger partial charge in [-0.3, -0.25) is 0 Å². The summed E-state index contributed by atoms with van der Waals surface area (Å²) in [5, 5.41) is 8.39. The van der Waals surface area contributed by atoms with E-state index in [9.17, 15) is 13.6 Å². The second-order valence-electron chi connectivity index (χ2n) is 5.00. The molecule has 0 atom stereocenters. The van der Waals surface area contributed by atoms with Crippen molar-refractivity contribution >= 4 is 11.7 Å². The summed E-state index contributed by atoms with van der Waals surface area (Å²) in [5.41, 5.74) is 3.07. The van der Waals surface area contributed by atoms with Crippen LogP contribution in [0.15, 0.2) is 18.2 Å². The van der Waals surface area contributed by atoms with Crippen molar-refractivity contribution in [3.8, 4) is 0 Å². The molecule has 0 unspecified atom stereocenters. The molecule has 0 spiro atoms. The average molecular weight is 269 g/mol. The quantitative estimate of drug-likeness (QED) is 0.913. The van der Waals surface area contributed by atoms with Crippen molar-refractivity contribution in [1.82, 2.24) is 0 Å². The van der Waals surface area contributed by atoms with Gasteiger partial charge in [-0.15, -0.1) is 0 Å². The zero-order chi connectivity index (χ0) is 14.0. The van der Waals surface area contributed by atoms with Gasteiger partial charge in [-0.1, -0.05) is 12.1 Å². The molecule has 0 amide bonds. The lowest BCUT2D eigenvalue weighted by Gasteiger charge is -2.28. The number of anilines is 1. The number of hydrogen-bond donors (Lipinski definition) is 1. The SMILES string of the molecule is CN1CCCc2cc(CCC(F)(F)C(=O)O)ccc21. The Kier molecular flexibility index (Phi) is 3.73. The molecule has 0 aliphatic carbocycles. The van der Waals surface area contributed by atoms with Gasteiger partial charge in [-0.05, 0) is 36.5 Å². The minimum atomic E-state index is -3.65. The molecular formula is C14H17F2NO2. The molecule has 0 radical (unpaired) electrons. The number of carboxylic acids is 1. The molecule has 0 saturated carbocycles. The first-order valence-corrected chi connectivity index (χ1v) is 6.34. The number of alkyl halides is 2.